The number of methoxy groups -OCH3 is 2. The monoisotopic (exact) mass is 585 g/mol. The molecule has 230 valence electrons. The van der Waals surface area contributed by atoms with Crippen LogP contribution in [0.15, 0.2) is 24.3 Å². The summed E-state index contributed by atoms with van der Waals surface area (Å²) < 4.78 is 33.6. The molecule has 1 amide bonds. The van der Waals surface area contributed by atoms with Gasteiger partial charge in [-0.1, -0.05) is 26.0 Å². The van der Waals surface area contributed by atoms with Crippen molar-refractivity contribution in [3.63, 3.8) is 0 Å². The van der Waals surface area contributed by atoms with E-state index in [1.54, 1.807) is 38.1 Å². The predicted molar refractivity (Wildman–Crippen MR) is 137 cm³/mol. The minimum atomic E-state index is -1.61. The summed E-state index contributed by atoms with van der Waals surface area (Å²) in [5.41, 5.74) is -0.00829. The Kier molecular flexibility index (Phi) is 10.0. The molecule has 41 heavy (non-hydrogen) atoms. The van der Waals surface area contributed by atoms with Gasteiger partial charge >= 0.3 is 0 Å². The fourth-order valence-electron chi connectivity index (χ4n) is 5.40. The van der Waals surface area contributed by atoms with Crippen LogP contribution >= 0.6 is 0 Å². The summed E-state index contributed by atoms with van der Waals surface area (Å²) in [6, 6.07) is 6.34. The summed E-state index contributed by atoms with van der Waals surface area (Å²) in [6.45, 7) is 2.32. The number of Topliss-reactive ketones (excluding diaryl/α,β-unsaturated/α-hetero) is 1. The Bertz CT molecular complexity index is 1050. The zero-order valence-electron chi connectivity index (χ0n) is 23.3. The normalized spacial score (nSPS) is 39.0. The van der Waals surface area contributed by atoms with E-state index in [1.807, 2.05) is 0 Å². The molecule has 0 spiro atoms. The van der Waals surface area contributed by atoms with Gasteiger partial charge in [0.1, 0.15) is 54.6 Å². The van der Waals surface area contributed by atoms with E-state index in [9.17, 15) is 35.1 Å². The maximum atomic E-state index is 12.1. The Labute approximate surface area is 237 Å². The lowest BCUT2D eigenvalue weighted by atomic mass is 9.81. The van der Waals surface area contributed by atoms with Gasteiger partial charge in [0.25, 0.3) is 5.91 Å². The first-order valence-corrected chi connectivity index (χ1v) is 13.4. The number of carbonyl (C=O) groups excluding carboxylic acids is 2. The molecule has 6 N–H and O–H groups in total. The summed E-state index contributed by atoms with van der Waals surface area (Å²) >= 11 is 0. The van der Waals surface area contributed by atoms with Crippen LogP contribution in [-0.2, 0) is 39.7 Å². The zero-order valence-corrected chi connectivity index (χ0v) is 23.3. The molecule has 0 radical (unpaired) electrons. The van der Waals surface area contributed by atoms with Crippen LogP contribution in [0.2, 0.25) is 0 Å². The van der Waals surface area contributed by atoms with E-state index in [0.717, 1.165) is 5.56 Å². The second-order valence-corrected chi connectivity index (χ2v) is 11.0. The van der Waals surface area contributed by atoms with Crippen molar-refractivity contribution in [3.8, 4) is 5.75 Å². The molecule has 14 nitrogen and oxygen atoms in total. The molecule has 3 saturated heterocycles. The maximum absolute atomic E-state index is 12.1. The maximum Gasteiger partial charge on any atom is 0.288 e. The summed E-state index contributed by atoms with van der Waals surface area (Å²) in [4.78, 5) is 23.9. The van der Waals surface area contributed by atoms with Crippen LogP contribution in [0.3, 0.4) is 0 Å². The average Bonchev–Trinajstić information content (AvgIpc) is 3.15. The van der Waals surface area contributed by atoms with Gasteiger partial charge in [-0.25, -0.2) is 0 Å². The van der Waals surface area contributed by atoms with Gasteiger partial charge in [-0.3, -0.25) is 9.59 Å². The fourth-order valence-corrected chi connectivity index (χ4v) is 5.40. The van der Waals surface area contributed by atoms with Crippen molar-refractivity contribution < 1.29 is 63.5 Å². The Balaban J connectivity index is 1.41. The van der Waals surface area contributed by atoms with Crippen molar-refractivity contribution in [3.05, 3.63) is 29.8 Å². The highest BCUT2D eigenvalue weighted by molar-refractivity contribution is 6.40. The Morgan fingerprint density at radius 1 is 0.829 bits per heavy atom. The fraction of sp³-hybridized carbons (Fsp3) is 0.704. The molecule has 3 heterocycles. The SMILES string of the molecule is COC1C(CO)OC(OC2C(CO)OC(Oc3ccc(CC4NC(=O)C(=O)C4(C)C)cc3)C(O)C2O)C(OC)C1O. The number of amides is 1. The number of hydrogen-bond donors (Lipinski definition) is 6. The zero-order chi connectivity index (χ0) is 30.1. The van der Waals surface area contributed by atoms with Crippen molar-refractivity contribution in [1.29, 1.82) is 0 Å². The second-order valence-electron chi connectivity index (χ2n) is 11.0. The Hall–Kier alpha value is -2.24. The standard InChI is InChI=1S/C27H39NO13/c1-27(2)16(28-24(35)23(27)34)9-12-5-7-13(8-6-12)38-25-18(32)17(31)21(15(11-30)39-25)41-26-22(37-4)19(33)20(36-3)14(10-29)40-26/h5-8,14-22,25-26,29-33H,9-11H2,1-4H3,(H,28,35). The molecule has 3 fully saturated rings. The molecular weight excluding hydrogens is 546 g/mol. The molecule has 14 heteroatoms. The number of benzene rings is 1. The molecule has 0 saturated carbocycles. The van der Waals surface area contributed by atoms with Crippen molar-refractivity contribution >= 4 is 11.7 Å². The molecule has 0 aromatic heterocycles. The van der Waals surface area contributed by atoms with Crippen LogP contribution in [0.1, 0.15) is 19.4 Å². The lowest BCUT2D eigenvalue weighted by Gasteiger charge is -2.47. The van der Waals surface area contributed by atoms with Crippen molar-refractivity contribution in [2.45, 2.75) is 87.7 Å². The molecule has 1 aromatic carbocycles. The molecule has 0 bridgehead atoms. The van der Waals surface area contributed by atoms with Gasteiger partial charge in [0, 0.05) is 20.3 Å². The third kappa shape index (κ3) is 6.27. The number of aliphatic hydroxyl groups is 5. The third-order valence-electron chi connectivity index (χ3n) is 8.04. The summed E-state index contributed by atoms with van der Waals surface area (Å²) in [6.07, 6.45) is -12.2. The van der Waals surface area contributed by atoms with E-state index in [2.05, 4.69) is 5.32 Å². The first kappa shape index (κ1) is 31.7. The van der Waals surface area contributed by atoms with Gasteiger partial charge in [0.05, 0.1) is 18.6 Å². The van der Waals surface area contributed by atoms with Crippen molar-refractivity contribution in [1.82, 2.24) is 5.32 Å². The molecule has 0 aliphatic carbocycles. The average molecular weight is 586 g/mol. The molecule has 3 aliphatic heterocycles. The first-order chi connectivity index (χ1) is 19.5. The largest absolute Gasteiger partial charge is 0.462 e. The number of carbonyl (C=O) groups is 2. The highest BCUT2D eigenvalue weighted by Crippen LogP contribution is 2.33. The number of aliphatic hydroxyl groups excluding tert-OH is 5. The molecule has 11 unspecified atom stereocenters. The molecule has 1 aromatic rings. The number of rotatable bonds is 10. The number of nitrogens with one attached hydrogen (secondary N) is 1. The van der Waals surface area contributed by atoms with E-state index in [0.29, 0.717) is 12.2 Å². The van der Waals surface area contributed by atoms with Gasteiger partial charge in [-0.05, 0) is 24.1 Å². The lowest BCUT2D eigenvalue weighted by molar-refractivity contribution is -0.356. The quantitative estimate of drug-likeness (QED) is 0.159. The van der Waals surface area contributed by atoms with Crippen LogP contribution in [0.4, 0.5) is 0 Å². The first-order valence-electron chi connectivity index (χ1n) is 13.4. The van der Waals surface area contributed by atoms with Crippen molar-refractivity contribution in [2.24, 2.45) is 5.41 Å². The minimum absolute atomic E-state index is 0.293. The highest BCUT2D eigenvalue weighted by Gasteiger charge is 2.52. The van der Waals surface area contributed by atoms with Gasteiger partial charge in [0.2, 0.25) is 12.1 Å². The lowest BCUT2D eigenvalue weighted by Crippen LogP contribution is -2.65. The van der Waals surface area contributed by atoms with Gasteiger partial charge in [-0.2, -0.15) is 0 Å². The number of ketones is 1. The summed E-state index contributed by atoms with van der Waals surface area (Å²) in [5, 5.41) is 54.8. The van der Waals surface area contributed by atoms with E-state index in [-0.39, 0.29) is 6.04 Å². The predicted octanol–water partition coefficient (Wildman–Crippen LogP) is -2.37. The van der Waals surface area contributed by atoms with Crippen LogP contribution in [0, 0.1) is 5.41 Å². The van der Waals surface area contributed by atoms with Crippen LogP contribution in [-0.4, -0.2) is 132 Å². The minimum Gasteiger partial charge on any atom is -0.462 e. The van der Waals surface area contributed by atoms with Crippen LogP contribution in [0.25, 0.3) is 0 Å². The van der Waals surface area contributed by atoms with Crippen LogP contribution < -0.4 is 10.1 Å². The van der Waals surface area contributed by atoms with E-state index < -0.39 is 91.7 Å². The molecule has 11 atom stereocenters. The van der Waals surface area contributed by atoms with E-state index >= 15 is 0 Å². The van der Waals surface area contributed by atoms with Gasteiger partial charge < -0.3 is 59.3 Å². The van der Waals surface area contributed by atoms with E-state index in [1.165, 1.54) is 14.2 Å². The molecular formula is C27H39NO13. The molecule has 3 aliphatic rings. The third-order valence-corrected chi connectivity index (χ3v) is 8.04. The smallest absolute Gasteiger partial charge is 0.288 e. The summed E-state index contributed by atoms with van der Waals surface area (Å²) in [7, 11) is 2.65. The summed E-state index contributed by atoms with van der Waals surface area (Å²) in [5.74, 6) is -0.762. The van der Waals surface area contributed by atoms with Gasteiger partial charge in [-0.15, -0.1) is 0 Å². The second kappa shape index (κ2) is 13.0. The molecule has 4 rings (SSSR count). The van der Waals surface area contributed by atoms with Crippen LogP contribution in [0.5, 0.6) is 5.75 Å². The van der Waals surface area contributed by atoms with E-state index in [4.69, 9.17) is 28.4 Å². The topological polar surface area (TPSA) is 203 Å². The number of ether oxygens (including phenoxy) is 6. The Morgan fingerprint density at radius 2 is 1.41 bits per heavy atom. The Morgan fingerprint density at radius 3 is 1.95 bits per heavy atom. The number of hydrogen-bond acceptors (Lipinski definition) is 13. The highest BCUT2D eigenvalue weighted by atomic mass is 16.7. The van der Waals surface area contributed by atoms with Gasteiger partial charge in [0.15, 0.2) is 6.29 Å². The van der Waals surface area contributed by atoms with Crippen molar-refractivity contribution in [2.75, 3.05) is 27.4 Å².